The molecule has 0 bridgehead atoms. The van der Waals surface area contributed by atoms with Crippen LogP contribution in [0.4, 0.5) is 17.2 Å². The number of hydrogen-bond donors (Lipinski definition) is 0. The van der Waals surface area contributed by atoms with Gasteiger partial charge in [0.25, 0.3) is 0 Å². The van der Waals surface area contributed by atoms with Gasteiger partial charge in [-0.3, -0.25) is 4.90 Å². The maximum Gasteiger partial charge on any atom is 0.146 e. The zero-order valence-corrected chi connectivity index (χ0v) is 23.6. The molecule has 8 aromatic rings. The number of aromatic nitrogens is 1. The summed E-state index contributed by atoms with van der Waals surface area (Å²) in [6.07, 6.45) is 1.94. The first-order valence-corrected chi connectivity index (χ1v) is 14.9. The fourth-order valence-corrected chi connectivity index (χ4v) is 6.93. The number of anilines is 3. The molecule has 2 nitrogen and oxygen atoms in total. The standard InChI is InChI=1S/C39H26N2S/c1-3-9-27(10-4-1)29-17-20-33(21-18-29)41(39-38-35-13-7-8-14-36(35)42-37(38)23-24-40-39)34-22-19-31-25-30(15-16-32(31)26-34)28-11-5-2-6-12-28/h1-26H. The molecule has 2 aromatic heterocycles. The van der Waals surface area contributed by atoms with Gasteiger partial charge in [-0.25, -0.2) is 4.98 Å². The van der Waals surface area contributed by atoms with Crippen LogP contribution in [-0.2, 0) is 0 Å². The first-order valence-electron chi connectivity index (χ1n) is 14.1. The second-order valence-electron chi connectivity index (χ2n) is 10.5. The molecule has 0 amide bonds. The molecule has 0 unspecified atom stereocenters. The van der Waals surface area contributed by atoms with Crippen LogP contribution in [0.25, 0.3) is 53.2 Å². The first kappa shape index (κ1) is 24.5. The number of thiophene rings is 1. The molecule has 0 spiro atoms. The highest BCUT2D eigenvalue weighted by Gasteiger charge is 2.20. The fourth-order valence-electron chi connectivity index (χ4n) is 5.83. The Bertz CT molecular complexity index is 2180. The third-order valence-corrected chi connectivity index (χ3v) is 9.04. The van der Waals surface area contributed by atoms with E-state index in [9.17, 15) is 0 Å². The average Bonchev–Trinajstić information content (AvgIpc) is 3.45. The highest BCUT2D eigenvalue weighted by Crippen LogP contribution is 2.44. The van der Waals surface area contributed by atoms with E-state index in [1.54, 1.807) is 0 Å². The van der Waals surface area contributed by atoms with Gasteiger partial charge in [-0.05, 0) is 75.5 Å². The van der Waals surface area contributed by atoms with E-state index in [0.29, 0.717) is 0 Å². The van der Waals surface area contributed by atoms with Gasteiger partial charge in [0.1, 0.15) is 5.82 Å². The molecule has 0 saturated carbocycles. The largest absolute Gasteiger partial charge is 0.294 e. The maximum atomic E-state index is 5.03. The lowest BCUT2D eigenvalue weighted by Crippen LogP contribution is -2.12. The van der Waals surface area contributed by atoms with Crippen molar-refractivity contribution in [3.05, 3.63) is 158 Å². The van der Waals surface area contributed by atoms with Crippen molar-refractivity contribution >= 4 is 59.5 Å². The van der Waals surface area contributed by atoms with Crippen LogP contribution in [0.2, 0.25) is 0 Å². The number of fused-ring (bicyclic) bond motifs is 4. The van der Waals surface area contributed by atoms with E-state index >= 15 is 0 Å². The Kier molecular flexibility index (Phi) is 6.02. The zero-order valence-electron chi connectivity index (χ0n) is 22.8. The lowest BCUT2D eigenvalue weighted by Gasteiger charge is -2.26. The summed E-state index contributed by atoms with van der Waals surface area (Å²) in [4.78, 5) is 7.34. The van der Waals surface area contributed by atoms with Crippen molar-refractivity contribution < 1.29 is 0 Å². The monoisotopic (exact) mass is 554 g/mol. The van der Waals surface area contributed by atoms with Gasteiger partial charge >= 0.3 is 0 Å². The normalized spacial score (nSPS) is 11.3. The number of rotatable bonds is 5. The molecule has 0 radical (unpaired) electrons. The summed E-state index contributed by atoms with van der Waals surface area (Å²) in [6.45, 7) is 0. The number of benzene rings is 6. The van der Waals surface area contributed by atoms with Crippen LogP contribution >= 0.6 is 11.3 Å². The molecule has 0 atom stereocenters. The van der Waals surface area contributed by atoms with Crippen molar-refractivity contribution in [1.82, 2.24) is 4.98 Å². The Labute approximate surface area is 248 Å². The molecule has 0 N–H and O–H groups in total. The molecular formula is C39H26N2S. The lowest BCUT2D eigenvalue weighted by molar-refractivity contribution is 1.21. The number of hydrogen-bond acceptors (Lipinski definition) is 3. The molecule has 8 rings (SSSR count). The van der Waals surface area contributed by atoms with Gasteiger partial charge in [-0.1, -0.05) is 109 Å². The predicted octanol–water partition coefficient (Wildman–Crippen LogP) is 11.4. The van der Waals surface area contributed by atoms with Gasteiger partial charge in [-0.15, -0.1) is 11.3 Å². The summed E-state index contributed by atoms with van der Waals surface area (Å²) < 4.78 is 2.51. The Morgan fingerprint density at radius 1 is 0.452 bits per heavy atom. The van der Waals surface area contributed by atoms with Gasteiger partial charge in [0.15, 0.2) is 0 Å². The summed E-state index contributed by atoms with van der Waals surface area (Å²) in [5.41, 5.74) is 7.00. The minimum absolute atomic E-state index is 0.942. The summed E-state index contributed by atoms with van der Waals surface area (Å²) in [5.74, 6) is 0.942. The highest BCUT2D eigenvalue weighted by molar-refractivity contribution is 7.25. The minimum atomic E-state index is 0.942. The van der Waals surface area contributed by atoms with Crippen molar-refractivity contribution in [2.24, 2.45) is 0 Å². The smallest absolute Gasteiger partial charge is 0.146 e. The van der Waals surface area contributed by atoms with Gasteiger partial charge in [0.05, 0.1) is 0 Å². The van der Waals surface area contributed by atoms with Crippen LogP contribution in [0, 0.1) is 0 Å². The van der Waals surface area contributed by atoms with Crippen LogP contribution in [0.3, 0.4) is 0 Å². The minimum Gasteiger partial charge on any atom is -0.294 e. The van der Waals surface area contributed by atoms with E-state index in [1.165, 1.54) is 53.2 Å². The second kappa shape index (κ2) is 10.3. The van der Waals surface area contributed by atoms with E-state index < -0.39 is 0 Å². The van der Waals surface area contributed by atoms with Crippen LogP contribution < -0.4 is 4.90 Å². The summed E-state index contributed by atoms with van der Waals surface area (Å²) in [5, 5.41) is 4.83. The third-order valence-electron chi connectivity index (χ3n) is 7.90. The molecule has 0 saturated heterocycles. The van der Waals surface area contributed by atoms with Crippen LogP contribution in [0.1, 0.15) is 0 Å². The molecule has 0 aliphatic carbocycles. The first-order chi connectivity index (χ1) is 20.8. The van der Waals surface area contributed by atoms with E-state index in [-0.39, 0.29) is 0 Å². The maximum absolute atomic E-state index is 5.03. The third kappa shape index (κ3) is 4.32. The van der Waals surface area contributed by atoms with Gasteiger partial charge < -0.3 is 0 Å². The van der Waals surface area contributed by atoms with Crippen molar-refractivity contribution in [3.8, 4) is 22.3 Å². The Hall–Kier alpha value is -5.25. The van der Waals surface area contributed by atoms with Crippen molar-refractivity contribution in [2.75, 3.05) is 4.90 Å². The van der Waals surface area contributed by atoms with E-state index in [1.807, 2.05) is 17.5 Å². The molecule has 3 heteroatoms. The van der Waals surface area contributed by atoms with Crippen molar-refractivity contribution in [2.45, 2.75) is 0 Å². The van der Waals surface area contributed by atoms with Crippen LogP contribution in [0.5, 0.6) is 0 Å². The SMILES string of the molecule is c1ccc(-c2ccc(N(c3ccc4cc(-c5ccccc5)ccc4c3)c3nccc4sc5ccccc5c34)cc2)cc1. The molecule has 6 aromatic carbocycles. The van der Waals surface area contributed by atoms with E-state index in [2.05, 4.69) is 157 Å². The predicted molar refractivity (Wildman–Crippen MR) is 180 cm³/mol. The lowest BCUT2D eigenvalue weighted by atomic mass is 10.0. The Morgan fingerprint density at radius 2 is 1.05 bits per heavy atom. The Morgan fingerprint density at radius 3 is 1.83 bits per heavy atom. The molecule has 42 heavy (non-hydrogen) atoms. The van der Waals surface area contributed by atoms with E-state index in [0.717, 1.165) is 17.2 Å². The van der Waals surface area contributed by atoms with E-state index in [4.69, 9.17) is 4.98 Å². The van der Waals surface area contributed by atoms with Crippen LogP contribution in [0.15, 0.2) is 158 Å². The quantitative estimate of drug-likeness (QED) is 0.210. The van der Waals surface area contributed by atoms with Crippen molar-refractivity contribution in [3.63, 3.8) is 0 Å². The van der Waals surface area contributed by atoms with Gasteiger partial charge in [-0.2, -0.15) is 0 Å². The summed E-state index contributed by atoms with van der Waals surface area (Å²) in [7, 11) is 0. The van der Waals surface area contributed by atoms with Gasteiger partial charge in [0.2, 0.25) is 0 Å². The average molecular weight is 555 g/mol. The summed E-state index contributed by atoms with van der Waals surface area (Å²) in [6, 6.07) is 54.1. The van der Waals surface area contributed by atoms with Crippen LogP contribution in [-0.4, -0.2) is 4.98 Å². The molecule has 2 heterocycles. The van der Waals surface area contributed by atoms with Gasteiger partial charge in [0, 0.05) is 37.7 Å². The summed E-state index contributed by atoms with van der Waals surface area (Å²) >= 11 is 1.82. The highest BCUT2D eigenvalue weighted by atomic mass is 32.1. The number of pyridine rings is 1. The molecule has 198 valence electrons. The molecule has 0 aliphatic rings. The number of nitrogens with zero attached hydrogens (tertiary/aromatic N) is 2. The second-order valence-corrected chi connectivity index (χ2v) is 11.6. The zero-order chi connectivity index (χ0) is 27.9. The van der Waals surface area contributed by atoms with Crippen molar-refractivity contribution in [1.29, 1.82) is 0 Å². The molecular weight excluding hydrogens is 529 g/mol. The fraction of sp³-hybridized carbons (Fsp3) is 0. The molecule has 0 fully saturated rings. The Balaban J connectivity index is 1.31. The topological polar surface area (TPSA) is 16.1 Å². The molecule has 0 aliphatic heterocycles.